The third-order valence-corrected chi connectivity index (χ3v) is 8.53. The SMILES string of the molecule is O=S(=O)(c1ccccc1)n1c(CN2CCOCC2)c(Sc2ccccc2)c2ccccc21. The van der Waals surface area contributed by atoms with Gasteiger partial charge in [-0.25, -0.2) is 12.4 Å². The van der Waals surface area contributed by atoms with E-state index in [-0.39, 0.29) is 0 Å². The van der Waals surface area contributed by atoms with Gasteiger partial charge in [-0.3, -0.25) is 4.90 Å². The van der Waals surface area contributed by atoms with Crippen LogP contribution < -0.4 is 0 Å². The summed E-state index contributed by atoms with van der Waals surface area (Å²) in [5, 5.41) is 0.948. The van der Waals surface area contributed by atoms with E-state index in [1.54, 1.807) is 40.0 Å². The molecular weight excluding hydrogens is 440 g/mol. The first-order chi connectivity index (χ1) is 15.6. The van der Waals surface area contributed by atoms with Crippen molar-refractivity contribution in [3.05, 3.63) is 90.6 Å². The molecule has 0 radical (unpaired) electrons. The summed E-state index contributed by atoms with van der Waals surface area (Å²) in [5.74, 6) is 0. The average Bonchev–Trinajstić information content (AvgIpc) is 3.14. The lowest BCUT2D eigenvalue weighted by Gasteiger charge is -2.27. The van der Waals surface area contributed by atoms with E-state index >= 15 is 0 Å². The molecule has 5 nitrogen and oxygen atoms in total. The van der Waals surface area contributed by atoms with E-state index < -0.39 is 10.0 Å². The molecule has 3 aromatic carbocycles. The monoisotopic (exact) mass is 464 g/mol. The topological polar surface area (TPSA) is 51.5 Å². The maximum atomic E-state index is 13.9. The quantitative estimate of drug-likeness (QED) is 0.408. The maximum Gasteiger partial charge on any atom is 0.268 e. The lowest BCUT2D eigenvalue weighted by molar-refractivity contribution is 0.0333. The fourth-order valence-corrected chi connectivity index (χ4v) is 6.75. The Morgan fingerprint density at radius 3 is 2.16 bits per heavy atom. The van der Waals surface area contributed by atoms with Crippen LogP contribution in [0.1, 0.15) is 5.69 Å². The number of morpholine rings is 1. The van der Waals surface area contributed by atoms with Gasteiger partial charge in [0.2, 0.25) is 0 Å². The molecule has 1 aliphatic rings. The third-order valence-electron chi connectivity index (χ3n) is 5.60. The van der Waals surface area contributed by atoms with Crippen LogP contribution in [0.15, 0.2) is 99.6 Å². The van der Waals surface area contributed by atoms with Gasteiger partial charge >= 0.3 is 0 Å². The van der Waals surface area contributed by atoms with Crippen LogP contribution in [0.4, 0.5) is 0 Å². The summed E-state index contributed by atoms with van der Waals surface area (Å²) >= 11 is 1.62. The van der Waals surface area contributed by atoms with Crippen LogP contribution in [0.25, 0.3) is 10.9 Å². The highest BCUT2D eigenvalue weighted by Crippen LogP contribution is 2.40. The maximum absolute atomic E-state index is 13.9. The Balaban J connectivity index is 1.73. The second-order valence-corrected chi connectivity index (χ2v) is 10.5. The van der Waals surface area contributed by atoms with Gasteiger partial charge in [-0.1, -0.05) is 66.4 Å². The minimum absolute atomic E-state index is 0.292. The van der Waals surface area contributed by atoms with Crippen molar-refractivity contribution in [2.24, 2.45) is 0 Å². The van der Waals surface area contributed by atoms with Gasteiger partial charge in [0.1, 0.15) is 0 Å². The largest absolute Gasteiger partial charge is 0.379 e. The van der Waals surface area contributed by atoms with Gasteiger partial charge in [0.05, 0.1) is 29.3 Å². The second kappa shape index (κ2) is 9.11. The van der Waals surface area contributed by atoms with Crippen LogP contribution in [0.2, 0.25) is 0 Å². The normalized spacial score (nSPS) is 15.2. The minimum Gasteiger partial charge on any atom is -0.379 e. The van der Waals surface area contributed by atoms with Crippen LogP contribution in [-0.4, -0.2) is 43.6 Å². The Morgan fingerprint density at radius 1 is 0.812 bits per heavy atom. The van der Waals surface area contributed by atoms with Crippen molar-refractivity contribution in [3.8, 4) is 0 Å². The molecule has 1 saturated heterocycles. The predicted molar refractivity (Wildman–Crippen MR) is 128 cm³/mol. The molecule has 32 heavy (non-hydrogen) atoms. The Morgan fingerprint density at radius 2 is 1.44 bits per heavy atom. The number of aromatic nitrogens is 1. The highest BCUT2D eigenvalue weighted by Gasteiger charge is 2.28. The summed E-state index contributed by atoms with van der Waals surface area (Å²) in [6.45, 7) is 3.42. The van der Waals surface area contributed by atoms with Crippen molar-refractivity contribution >= 4 is 32.7 Å². The molecule has 0 aliphatic carbocycles. The van der Waals surface area contributed by atoms with Gasteiger partial charge in [0, 0.05) is 34.8 Å². The number of benzene rings is 3. The number of para-hydroxylation sites is 1. The standard InChI is InChI=1S/C25H24N2O3S2/c28-32(29,21-11-5-2-6-12-21)27-23-14-8-7-13-22(23)25(31-20-9-3-1-4-10-20)24(27)19-26-15-17-30-18-16-26/h1-14H,15-19H2. The van der Waals surface area contributed by atoms with Crippen molar-refractivity contribution < 1.29 is 13.2 Å². The van der Waals surface area contributed by atoms with Crippen LogP contribution in [-0.2, 0) is 21.3 Å². The van der Waals surface area contributed by atoms with Crippen molar-refractivity contribution in [2.45, 2.75) is 21.2 Å². The Labute approximate surface area is 192 Å². The number of ether oxygens (including phenoxy) is 1. The highest BCUT2D eigenvalue weighted by atomic mass is 32.2. The predicted octanol–water partition coefficient (Wildman–Crippen LogP) is 4.86. The van der Waals surface area contributed by atoms with E-state index in [9.17, 15) is 8.42 Å². The van der Waals surface area contributed by atoms with Crippen molar-refractivity contribution in [1.82, 2.24) is 8.87 Å². The molecule has 0 saturated carbocycles. The number of hydrogen-bond donors (Lipinski definition) is 0. The summed E-state index contributed by atoms with van der Waals surface area (Å²) in [7, 11) is -3.77. The van der Waals surface area contributed by atoms with E-state index in [2.05, 4.69) is 17.0 Å². The van der Waals surface area contributed by atoms with E-state index in [1.165, 1.54) is 0 Å². The molecule has 0 amide bonds. The average molecular weight is 465 g/mol. The molecule has 164 valence electrons. The molecule has 1 aliphatic heterocycles. The summed E-state index contributed by atoms with van der Waals surface area (Å²) in [4.78, 5) is 4.62. The van der Waals surface area contributed by atoms with E-state index in [4.69, 9.17) is 4.74 Å². The first-order valence-electron chi connectivity index (χ1n) is 10.6. The van der Waals surface area contributed by atoms with E-state index in [1.807, 2.05) is 48.5 Å². The van der Waals surface area contributed by atoms with Crippen molar-refractivity contribution in [2.75, 3.05) is 26.3 Å². The molecule has 0 bridgehead atoms. The first-order valence-corrected chi connectivity index (χ1v) is 12.9. The van der Waals surface area contributed by atoms with Gasteiger partial charge in [0.25, 0.3) is 10.0 Å². The number of fused-ring (bicyclic) bond motifs is 1. The molecule has 7 heteroatoms. The number of rotatable bonds is 6. The Kier molecular flexibility index (Phi) is 6.06. The lowest BCUT2D eigenvalue weighted by atomic mass is 10.2. The van der Waals surface area contributed by atoms with Gasteiger partial charge < -0.3 is 4.74 Å². The van der Waals surface area contributed by atoms with Crippen LogP contribution in [0.5, 0.6) is 0 Å². The second-order valence-electron chi connectivity index (χ2n) is 7.68. The summed E-state index contributed by atoms with van der Waals surface area (Å²) in [6, 6.07) is 26.6. The molecule has 1 aromatic heterocycles. The molecule has 0 spiro atoms. The Hall–Kier alpha value is -2.58. The molecule has 2 heterocycles. The molecule has 0 N–H and O–H groups in total. The van der Waals surface area contributed by atoms with Crippen LogP contribution >= 0.6 is 11.8 Å². The molecule has 4 aromatic rings. The summed E-state index contributed by atoms with van der Waals surface area (Å²) in [5.41, 5.74) is 1.50. The van der Waals surface area contributed by atoms with Gasteiger partial charge in [-0.15, -0.1) is 0 Å². The van der Waals surface area contributed by atoms with Gasteiger partial charge in [-0.2, -0.15) is 0 Å². The van der Waals surface area contributed by atoms with Crippen LogP contribution in [0, 0.1) is 0 Å². The summed E-state index contributed by atoms with van der Waals surface area (Å²) in [6.07, 6.45) is 0. The lowest BCUT2D eigenvalue weighted by Crippen LogP contribution is -2.36. The van der Waals surface area contributed by atoms with Crippen LogP contribution in [0.3, 0.4) is 0 Å². The fourth-order valence-electron chi connectivity index (χ4n) is 4.04. The van der Waals surface area contributed by atoms with Gasteiger partial charge in [0.15, 0.2) is 0 Å². The Bertz CT molecular complexity index is 1310. The molecule has 0 atom stereocenters. The zero-order valence-electron chi connectivity index (χ0n) is 17.6. The zero-order chi connectivity index (χ0) is 22.0. The molecular formula is C25H24N2O3S2. The van der Waals surface area contributed by atoms with E-state index in [0.717, 1.165) is 34.0 Å². The van der Waals surface area contributed by atoms with Crippen molar-refractivity contribution in [1.29, 1.82) is 0 Å². The fraction of sp³-hybridized carbons (Fsp3) is 0.200. The molecule has 0 unspecified atom stereocenters. The molecule has 5 rings (SSSR count). The highest BCUT2D eigenvalue weighted by molar-refractivity contribution is 7.99. The number of nitrogens with zero attached hydrogens (tertiary/aromatic N) is 2. The van der Waals surface area contributed by atoms with Crippen molar-refractivity contribution in [3.63, 3.8) is 0 Å². The third kappa shape index (κ3) is 4.09. The van der Waals surface area contributed by atoms with E-state index in [0.29, 0.717) is 30.2 Å². The number of hydrogen-bond acceptors (Lipinski definition) is 5. The first kappa shape index (κ1) is 21.3. The van der Waals surface area contributed by atoms with Gasteiger partial charge in [-0.05, 0) is 30.3 Å². The minimum atomic E-state index is -3.77. The summed E-state index contributed by atoms with van der Waals surface area (Å²) < 4.78 is 34.8. The zero-order valence-corrected chi connectivity index (χ0v) is 19.2. The smallest absolute Gasteiger partial charge is 0.268 e. The molecule has 1 fully saturated rings.